The zero-order valence-corrected chi connectivity index (χ0v) is 16.3. The summed E-state index contributed by atoms with van der Waals surface area (Å²) in [7, 11) is 1.83. The van der Waals surface area contributed by atoms with Crippen LogP contribution >= 0.6 is 11.3 Å². The second-order valence-electron chi connectivity index (χ2n) is 7.50. The van der Waals surface area contributed by atoms with Crippen LogP contribution < -0.4 is 32.4 Å². The quantitative estimate of drug-likeness (QED) is 0.365. The maximum absolute atomic E-state index is 15.7. The van der Waals surface area contributed by atoms with E-state index in [2.05, 4.69) is 5.43 Å². The van der Waals surface area contributed by atoms with E-state index in [0.717, 1.165) is 12.0 Å². The number of hydrogen-bond donors (Lipinski definition) is 4. The number of nitrogens with zero attached hydrogens (tertiary/aromatic N) is 3. The lowest BCUT2D eigenvalue weighted by Crippen LogP contribution is -2.33. The molecular weight excluding hydrogens is 399 g/mol. The summed E-state index contributed by atoms with van der Waals surface area (Å²) in [5.74, 6) is 4.95. The number of anilines is 3. The van der Waals surface area contributed by atoms with E-state index >= 15 is 4.39 Å². The molecule has 29 heavy (non-hydrogen) atoms. The molecular formula is C18H19FN6O3S. The number of pyridine rings is 1. The number of rotatable bonds is 2. The van der Waals surface area contributed by atoms with Gasteiger partial charge in [-0.15, -0.1) is 11.3 Å². The molecule has 0 spiro atoms. The smallest absolute Gasteiger partial charge is 0.419 e. The molecule has 0 amide bonds. The molecule has 152 valence electrons. The summed E-state index contributed by atoms with van der Waals surface area (Å²) < 4.78 is 16.4. The fourth-order valence-electron chi connectivity index (χ4n) is 4.58. The van der Waals surface area contributed by atoms with Crippen LogP contribution in [0, 0.1) is 5.82 Å². The summed E-state index contributed by atoms with van der Waals surface area (Å²) in [6.45, 7) is 1.54. The van der Waals surface area contributed by atoms with Gasteiger partial charge in [-0.3, -0.25) is 10.6 Å². The summed E-state index contributed by atoms with van der Waals surface area (Å²) in [6, 6.07) is -0.0720. The van der Waals surface area contributed by atoms with Crippen molar-refractivity contribution < 1.29 is 14.3 Å². The molecule has 2 aliphatic heterocycles. The Balaban J connectivity index is 2.04. The zero-order valence-electron chi connectivity index (χ0n) is 15.5. The van der Waals surface area contributed by atoms with Gasteiger partial charge in [0.15, 0.2) is 5.82 Å². The van der Waals surface area contributed by atoms with E-state index in [4.69, 9.17) is 11.6 Å². The molecule has 0 aliphatic carbocycles. The first-order chi connectivity index (χ1) is 13.8. The first-order valence-electron chi connectivity index (χ1n) is 9.11. The number of carbonyl (C=O) groups is 1. The largest absolute Gasteiger partial charge is 0.464 e. The van der Waals surface area contributed by atoms with Crippen molar-refractivity contribution in [3.63, 3.8) is 0 Å². The highest BCUT2D eigenvalue weighted by molar-refractivity contribution is 7.17. The topological polar surface area (TPSA) is 130 Å². The average molecular weight is 418 g/mol. The highest BCUT2D eigenvalue weighted by atomic mass is 32.1. The highest BCUT2D eigenvalue weighted by Gasteiger charge is 2.35. The van der Waals surface area contributed by atoms with Gasteiger partial charge in [-0.05, 0) is 17.4 Å². The van der Waals surface area contributed by atoms with Crippen LogP contribution in [-0.2, 0) is 6.54 Å². The number of thiophene rings is 1. The lowest BCUT2D eigenvalue weighted by atomic mass is 9.96. The standard InChI is InChI=1S/C18H19FN6O3S/c1-23-4-7-6-29-17-9(7)10-11(16(26)25(17)18(27)28)13(22-21)12(19)15(14(10)23)24-3-2-8(20)5-24/h6,8,22H,2-5,20-21H2,1H3,(H,27,28). The van der Waals surface area contributed by atoms with Crippen molar-refractivity contribution in [1.29, 1.82) is 0 Å². The molecule has 6 N–H and O–H groups in total. The number of halogens is 1. The van der Waals surface area contributed by atoms with Gasteiger partial charge < -0.3 is 26.1 Å². The van der Waals surface area contributed by atoms with Gasteiger partial charge in [0.05, 0.1) is 16.8 Å². The minimum atomic E-state index is -1.41. The summed E-state index contributed by atoms with van der Waals surface area (Å²) in [5.41, 5.74) is 9.13. The zero-order chi connectivity index (χ0) is 20.6. The predicted octanol–water partition coefficient (Wildman–Crippen LogP) is 1.65. The van der Waals surface area contributed by atoms with Crippen molar-refractivity contribution in [2.45, 2.75) is 19.0 Å². The van der Waals surface area contributed by atoms with E-state index in [-0.39, 0.29) is 17.1 Å². The molecule has 0 bridgehead atoms. The SMILES string of the molecule is CN1Cc2csc3c2c2c1c(N1CCC(N)C1)c(F)c(NN)c2c(=O)n3C(=O)O. The molecule has 1 unspecified atom stereocenters. The molecule has 3 aromatic rings. The van der Waals surface area contributed by atoms with E-state index in [1.165, 1.54) is 11.3 Å². The number of hydrogen-bond acceptors (Lipinski definition) is 8. The van der Waals surface area contributed by atoms with Crippen LogP contribution in [0.1, 0.15) is 12.0 Å². The van der Waals surface area contributed by atoms with E-state index in [1.54, 1.807) is 0 Å². The molecule has 2 aromatic heterocycles. The van der Waals surface area contributed by atoms with Crippen LogP contribution in [0.5, 0.6) is 0 Å². The number of carboxylic acid groups (broad SMARTS) is 1. The van der Waals surface area contributed by atoms with Gasteiger partial charge in [-0.1, -0.05) is 0 Å². The molecule has 5 rings (SSSR count). The number of benzene rings is 1. The fourth-order valence-corrected chi connectivity index (χ4v) is 5.64. The van der Waals surface area contributed by atoms with Gasteiger partial charge in [-0.2, -0.15) is 0 Å². The second-order valence-corrected chi connectivity index (χ2v) is 8.35. The second kappa shape index (κ2) is 6.05. The molecule has 2 aliphatic rings. The van der Waals surface area contributed by atoms with E-state index in [0.29, 0.717) is 51.2 Å². The maximum Gasteiger partial charge on any atom is 0.419 e. The summed E-state index contributed by atoms with van der Waals surface area (Å²) in [4.78, 5) is 29.1. The Morgan fingerprint density at radius 2 is 2.10 bits per heavy atom. The van der Waals surface area contributed by atoms with Crippen LogP contribution in [0.2, 0.25) is 0 Å². The highest BCUT2D eigenvalue weighted by Crippen LogP contribution is 2.50. The van der Waals surface area contributed by atoms with Gasteiger partial charge in [0.25, 0.3) is 5.56 Å². The number of aromatic nitrogens is 1. The Kier molecular flexibility index (Phi) is 3.79. The Bertz CT molecular complexity index is 1270. The van der Waals surface area contributed by atoms with Crippen LogP contribution in [-0.4, -0.2) is 41.9 Å². The molecule has 0 saturated carbocycles. The third-order valence-electron chi connectivity index (χ3n) is 5.77. The minimum Gasteiger partial charge on any atom is -0.464 e. The number of hydrazine groups is 1. The molecule has 1 saturated heterocycles. The van der Waals surface area contributed by atoms with Crippen molar-refractivity contribution in [3.8, 4) is 0 Å². The van der Waals surface area contributed by atoms with Gasteiger partial charge in [0.1, 0.15) is 10.5 Å². The molecule has 9 nitrogen and oxygen atoms in total. The molecule has 1 atom stereocenters. The fraction of sp³-hybridized carbons (Fsp3) is 0.333. The van der Waals surface area contributed by atoms with E-state index in [9.17, 15) is 14.7 Å². The molecule has 1 fully saturated rings. The van der Waals surface area contributed by atoms with Gasteiger partial charge in [-0.25, -0.2) is 13.8 Å². The first-order valence-corrected chi connectivity index (χ1v) is 9.98. The van der Waals surface area contributed by atoms with Crippen LogP contribution in [0.4, 0.5) is 26.2 Å². The Morgan fingerprint density at radius 3 is 2.72 bits per heavy atom. The molecule has 1 aromatic carbocycles. The maximum atomic E-state index is 15.7. The molecule has 4 heterocycles. The van der Waals surface area contributed by atoms with Crippen molar-refractivity contribution in [2.24, 2.45) is 11.6 Å². The summed E-state index contributed by atoms with van der Waals surface area (Å²) >= 11 is 1.19. The van der Waals surface area contributed by atoms with E-state index in [1.807, 2.05) is 22.2 Å². The number of nitrogens with one attached hydrogen (secondary N) is 1. The summed E-state index contributed by atoms with van der Waals surface area (Å²) in [6.07, 6.45) is -0.685. The number of nitrogen functional groups attached to an aromatic ring is 1. The van der Waals surface area contributed by atoms with Crippen molar-refractivity contribution in [2.75, 3.05) is 35.4 Å². The van der Waals surface area contributed by atoms with Crippen LogP contribution in [0.25, 0.3) is 21.0 Å². The Hall–Kier alpha value is -2.89. The van der Waals surface area contributed by atoms with Crippen molar-refractivity contribution in [3.05, 3.63) is 27.1 Å². The van der Waals surface area contributed by atoms with Crippen LogP contribution in [0.15, 0.2) is 10.2 Å². The van der Waals surface area contributed by atoms with Crippen molar-refractivity contribution in [1.82, 2.24) is 4.57 Å². The molecule has 0 radical (unpaired) electrons. The van der Waals surface area contributed by atoms with Gasteiger partial charge in [0, 0.05) is 43.5 Å². The number of nitrogens with two attached hydrogens (primary N) is 2. The average Bonchev–Trinajstić information content (AvgIpc) is 3.27. The third kappa shape index (κ3) is 2.26. The van der Waals surface area contributed by atoms with Crippen molar-refractivity contribution >= 4 is 55.5 Å². The lowest BCUT2D eigenvalue weighted by Gasteiger charge is -2.33. The summed E-state index contributed by atoms with van der Waals surface area (Å²) in [5, 5.41) is 12.6. The lowest BCUT2D eigenvalue weighted by molar-refractivity contribution is 0.197. The molecule has 11 heteroatoms. The normalized spacial score (nSPS) is 18.4. The third-order valence-corrected chi connectivity index (χ3v) is 6.78. The van der Waals surface area contributed by atoms with Crippen LogP contribution in [0.3, 0.4) is 0 Å². The predicted molar refractivity (Wildman–Crippen MR) is 112 cm³/mol. The van der Waals surface area contributed by atoms with Gasteiger partial charge in [0.2, 0.25) is 0 Å². The first kappa shape index (κ1) is 18.2. The minimum absolute atomic E-state index is 0.0617. The monoisotopic (exact) mass is 418 g/mol. The Labute approximate surface area is 167 Å². The Morgan fingerprint density at radius 1 is 1.34 bits per heavy atom. The van der Waals surface area contributed by atoms with E-state index < -0.39 is 17.5 Å². The van der Waals surface area contributed by atoms with Gasteiger partial charge >= 0.3 is 6.09 Å².